The van der Waals surface area contributed by atoms with Gasteiger partial charge < -0.3 is 19.5 Å². The highest BCUT2D eigenvalue weighted by Crippen LogP contribution is 2.34. The Hall–Kier alpha value is -4.64. The van der Waals surface area contributed by atoms with Crippen molar-refractivity contribution in [1.82, 2.24) is 5.32 Å². The first-order valence-corrected chi connectivity index (χ1v) is 14.1. The third kappa shape index (κ3) is 7.16. The zero-order valence-electron chi connectivity index (χ0n) is 23.4. The number of aryl methyl sites for hydroxylation is 1. The third-order valence-electron chi connectivity index (χ3n) is 6.09. The summed E-state index contributed by atoms with van der Waals surface area (Å²) < 4.78 is 17.5. The largest absolute Gasteiger partial charge is 0.490 e. The number of urea groups is 1. The van der Waals surface area contributed by atoms with Gasteiger partial charge in [0.25, 0.3) is 17.7 Å². The fourth-order valence-electron chi connectivity index (χ4n) is 4.06. The SMILES string of the molecule is CCCOc1ccc(N2C(=O)NC(=O)/C(=C\c3ccc(OCC(=O)Nc4ccccc4C)c(Br)c3)C2=O)cc1OCC. The molecule has 0 atom stereocenters. The fraction of sp³-hybridized carbons (Fsp3) is 0.226. The van der Waals surface area contributed by atoms with Gasteiger partial charge in [-0.1, -0.05) is 31.2 Å². The predicted molar refractivity (Wildman–Crippen MR) is 162 cm³/mol. The van der Waals surface area contributed by atoms with Crippen LogP contribution in [0, 0.1) is 6.92 Å². The molecule has 2 N–H and O–H groups in total. The molecule has 1 saturated heterocycles. The molecule has 0 saturated carbocycles. The molecule has 218 valence electrons. The second-order valence-corrected chi connectivity index (χ2v) is 10.1. The minimum Gasteiger partial charge on any atom is -0.490 e. The number of carbonyl (C=O) groups is 4. The van der Waals surface area contributed by atoms with E-state index < -0.39 is 17.8 Å². The van der Waals surface area contributed by atoms with E-state index in [0.29, 0.717) is 46.2 Å². The Bertz CT molecular complexity index is 1550. The van der Waals surface area contributed by atoms with Crippen molar-refractivity contribution in [2.75, 3.05) is 30.0 Å². The first kappa shape index (κ1) is 30.3. The maximum atomic E-state index is 13.4. The van der Waals surface area contributed by atoms with E-state index >= 15 is 0 Å². The average Bonchev–Trinajstić information content (AvgIpc) is 2.95. The maximum Gasteiger partial charge on any atom is 0.335 e. The van der Waals surface area contributed by atoms with Crippen molar-refractivity contribution in [2.45, 2.75) is 27.2 Å². The monoisotopic (exact) mass is 635 g/mol. The summed E-state index contributed by atoms with van der Waals surface area (Å²) in [4.78, 5) is 52.0. The van der Waals surface area contributed by atoms with Crippen molar-refractivity contribution in [1.29, 1.82) is 0 Å². The number of rotatable bonds is 11. The first-order chi connectivity index (χ1) is 20.2. The fourth-order valence-corrected chi connectivity index (χ4v) is 4.57. The normalized spacial score (nSPS) is 14.0. The smallest absolute Gasteiger partial charge is 0.335 e. The van der Waals surface area contributed by atoms with Gasteiger partial charge in [-0.05, 0) is 83.7 Å². The van der Waals surface area contributed by atoms with Crippen molar-refractivity contribution in [3.63, 3.8) is 0 Å². The van der Waals surface area contributed by atoms with E-state index in [1.807, 2.05) is 39.0 Å². The average molecular weight is 636 g/mol. The molecule has 10 nitrogen and oxygen atoms in total. The van der Waals surface area contributed by atoms with E-state index in [9.17, 15) is 19.2 Å². The molecule has 4 rings (SSSR count). The van der Waals surface area contributed by atoms with Crippen LogP contribution in [-0.2, 0) is 14.4 Å². The van der Waals surface area contributed by atoms with Crippen LogP contribution in [0.5, 0.6) is 17.2 Å². The highest BCUT2D eigenvalue weighted by atomic mass is 79.9. The lowest BCUT2D eigenvalue weighted by molar-refractivity contribution is -0.122. The number of amides is 5. The molecule has 5 amide bonds. The molecule has 0 radical (unpaired) electrons. The summed E-state index contributed by atoms with van der Waals surface area (Å²) in [5.41, 5.74) is 2.10. The summed E-state index contributed by atoms with van der Waals surface area (Å²) in [6.45, 7) is 6.28. The number of nitrogens with one attached hydrogen (secondary N) is 2. The molecule has 1 heterocycles. The van der Waals surface area contributed by atoms with Crippen LogP contribution in [0.25, 0.3) is 6.08 Å². The van der Waals surface area contributed by atoms with Crippen LogP contribution in [0.2, 0.25) is 0 Å². The number of halogens is 1. The molecular formula is C31H30BrN3O7. The molecule has 1 fully saturated rings. The van der Waals surface area contributed by atoms with Gasteiger partial charge in [0.15, 0.2) is 18.1 Å². The minimum absolute atomic E-state index is 0.220. The molecule has 0 spiro atoms. The molecule has 0 aliphatic carbocycles. The van der Waals surface area contributed by atoms with Crippen LogP contribution in [0.15, 0.2) is 70.7 Å². The molecule has 1 aliphatic rings. The number of hydrogen-bond donors (Lipinski definition) is 2. The Morgan fingerprint density at radius 1 is 0.952 bits per heavy atom. The summed E-state index contributed by atoms with van der Waals surface area (Å²) in [6.07, 6.45) is 2.17. The lowest BCUT2D eigenvalue weighted by Gasteiger charge is -2.27. The Morgan fingerprint density at radius 3 is 2.43 bits per heavy atom. The van der Waals surface area contributed by atoms with Crippen LogP contribution in [0.4, 0.5) is 16.2 Å². The van der Waals surface area contributed by atoms with E-state index in [2.05, 4.69) is 26.6 Å². The molecule has 0 unspecified atom stereocenters. The highest BCUT2D eigenvalue weighted by Gasteiger charge is 2.37. The van der Waals surface area contributed by atoms with E-state index in [4.69, 9.17) is 14.2 Å². The molecule has 11 heteroatoms. The van der Waals surface area contributed by atoms with Gasteiger partial charge >= 0.3 is 6.03 Å². The second kappa shape index (κ2) is 13.8. The standard InChI is InChI=1S/C31H30BrN3O7/c1-4-14-41-26-13-11-21(17-27(26)40-5-2)35-30(38)22(29(37)34-31(35)39)15-20-10-12-25(23(32)16-20)42-18-28(36)33-24-9-7-6-8-19(24)3/h6-13,15-17H,4-5,14,18H2,1-3H3,(H,33,36)(H,34,37,39)/b22-15+. The van der Waals surface area contributed by atoms with Gasteiger partial charge in [-0.25, -0.2) is 9.69 Å². The molecular weight excluding hydrogens is 606 g/mol. The van der Waals surface area contributed by atoms with Crippen LogP contribution in [0.3, 0.4) is 0 Å². The first-order valence-electron chi connectivity index (χ1n) is 13.3. The lowest BCUT2D eigenvalue weighted by atomic mass is 10.1. The summed E-state index contributed by atoms with van der Waals surface area (Å²) in [6, 6.07) is 16.1. The number of ether oxygens (including phenoxy) is 3. The molecule has 42 heavy (non-hydrogen) atoms. The summed E-state index contributed by atoms with van der Waals surface area (Å²) in [5.74, 6) is -0.690. The Balaban J connectivity index is 1.51. The highest BCUT2D eigenvalue weighted by molar-refractivity contribution is 9.10. The number of benzene rings is 3. The van der Waals surface area contributed by atoms with Crippen LogP contribution in [0.1, 0.15) is 31.4 Å². The number of nitrogens with zero attached hydrogens (tertiary/aromatic N) is 1. The van der Waals surface area contributed by atoms with E-state index in [-0.39, 0.29) is 23.8 Å². The minimum atomic E-state index is -0.874. The van der Waals surface area contributed by atoms with Crippen molar-refractivity contribution >= 4 is 57.1 Å². The maximum absolute atomic E-state index is 13.4. The summed E-state index contributed by atoms with van der Waals surface area (Å²) in [7, 11) is 0. The quantitative estimate of drug-likeness (QED) is 0.207. The molecule has 0 bridgehead atoms. The number of imide groups is 2. The third-order valence-corrected chi connectivity index (χ3v) is 6.71. The Kier molecular flexibility index (Phi) is 9.98. The molecule has 3 aromatic carbocycles. The Labute approximate surface area is 251 Å². The number of anilines is 2. The van der Waals surface area contributed by atoms with Crippen molar-refractivity contribution in [2.24, 2.45) is 0 Å². The van der Waals surface area contributed by atoms with Gasteiger partial charge in [-0.15, -0.1) is 0 Å². The van der Waals surface area contributed by atoms with Crippen LogP contribution in [-0.4, -0.2) is 43.6 Å². The van der Waals surface area contributed by atoms with Crippen molar-refractivity contribution in [3.8, 4) is 17.2 Å². The zero-order chi connectivity index (χ0) is 30.2. The number of para-hydroxylation sites is 1. The second-order valence-electron chi connectivity index (χ2n) is 9.21. The number of carbonyl (C=O) groups excluding carboxylic acids is 4. The van der Waals surface area contributed by atoms with Gasteiger partial charge in [0.1, 0.15) is 11.3 Å². The van der Waals surface area contributed by atoms with Crippen LogP contribution >= 0.6 is 15.9 Å². The van der Waals surface area contributed by atoms with Crippen molar-refractivity contribution in [3.05, 3.63) is 81.8 Å². The van der Waals surface area contributed by atoms with Gasteiger partial charge in [-0.3, -0.25) is 19.7 Å². The van der Waals surface area contributed by atoms with Gasteiger partial charge in [-0.2, -0.15) is 0 Å². The predicted octanol–water partition coefficient (Wildman–Crippen LogP) is 5.63. The lowest BCUT2D eigenvalue weighted by Crippen LogP contribution is -2.54. The Morgan fingerprint density at radius 2 is 1.71 bits per heavy atom. The van der Waals surface area contributed by atoms with Crippen molar-refractivity contribution < 1.29 is 33.4 Å². The van der Waals surface area contributed by atoms with E-state index in [1.165, 1.54) is 12.1 Å². The molecule has 0 aromatic heterocycles. The van der Waals surface area contributed by atoms with Gasteiger partial charge in [0.05, 0.1) is 23.4 Å². The molecule has 1 aliphatic heterocycles. The number of barbiturate groups is 1. The topological polar surface area (TPSA) is 123 Å². The summed E-state index contributed by atoms with van der Waals surface area (Å²) in [5, 5.41) is 5.02. The molecule has 3 aromatic rings. The zero-order valence-corrected chi connectivity index (χ0v) is 24.9. The van der Waals surface area contributed by atoms with E-state index in [1.54, 1.807) is 36.4 Å². The number of hydrogen-bond acceptors (Lipinski definition) is 7. The van der Waals surface area contributed by atoms with Gasteiger partial charge in [0.2, 0.25) is 0 Å². The summed E-state index contributed by atoms with van der Waals surface area (Å²) >= 11 is 3.41. The van der Waals surface area contributed by atoms with Gasteiger partial charge in [0, 0.05) is 11.8 Å². The van der Waals surface area contributed by atoms with E-state index in [0.717, 1.165) is 16.9 Å². The van der Waals surface area contributed by atoms with Crippen LogP contribution < -0.4 is 29.7 Å².